The van der Waals surface area contributed by atoms with Crippen LogP contribution in [0.1, 0.15) is 18.6 Å². The molecule has 1 N–H and O–H groups in total. The standard InChI is InChI=1S/C11H16ClNO/c1-3-14-11(8-13-2)9-6-4-5-7-10(9)12/h4-7,11,13H,3,8H2,1-2H3/t11-/m0/s1. The molecule has 0 radical (unpaired) electrons. The van der Waals surface area contributed by atoms with Crippen molar-refractivity contribution >= 4 is 11.6 Å². The Labute approximate surface area is 90.2 Å². The van der Waals surface area contributed by atoms with Gasteiger partial charge in [-0.25, -0.2) is 0 Å². The monoisotopic (exact) mass is 213 g/mol. The quantitative estimate of drug-likeness (QED) is 0.812. The van der Waals surface area contributed by atoms with Crippen LogP contribution in [0.3, 0.4) is 0 Å². The van der Waals surface area contributed by atoms with Crippen LogP contribution in [0.25, 0.3) is 0 Å². The van der Waals surface area contributed by atoms with Gasteiger partial charge in [-0.3, -0.25) is 0 Å². The Morgan fingerprint density at radius 2 is 2.14 bits per heavy atom. The summed E-state index contributed by atoms with van der Waals surface area (Å²) in [6, 6.07) is 7.79. The van der Waals surface area contributed by atoms with Crippen molar-refractivity contribution in [2.24, 2.45) is 0 Å². The van der Waals surface area contributed by atoms with Crippen molar-refractivity contribution in [3.8, 4) is 0 Å². The summed E-state index contributed by atoms with van der Waals surface area (Å²) in [5, 5.41) is 3.86. The molecule has 0 spiro atoms. The van der Waals surface area contributed by atoms with E-state index in [0.717, 1.165) is 17.1 Å². The second kappa shape index (κ2) is 6.02. The Kier molecular flexibility index (Phi) is 4.94. The molecular weight excluding hydrogens is 198 g/mol. The summed E-state index contributed by atoms with van der Waals surface area (Å²) < 4.78 is 5.60. The van der Waals surface area contributed by atoms with Crippen molar-refractivity contribution in [1.82, 2.24) is 5.32 Å². The van der Waals surface area contributed by atoms with E-state index in [1.807, 2.05) is 38.2 Å². The molecule has 0 fully saturated rings. The van der Waals surface area contributed by atoms with Gasteiger partial charge in [-0.1, -0.05) is 29.8 Å². The fourth-order valence-corrected chi connectivity index (χ4v) is 1.64. The first kappa shape index (κ1) is 11.5. The number of hydrogen-bond donors (Lipinski definition) is 1. The molecule has 2 nitrogen and oxygen atoms in total. The molecule has 14 heavy (non-hydrogen) atoms. The molecule has 0 saturated heterocycles. The topological polar surface area (TPSA) is 21.3 Å². The lowest BCUT2D eigenvalue weighted by molar-refractivity contribution is 0.0639. The first-order chi connectivity index (χ1) is 6.79. The molecule has 0 heterocycles. The third kappa shape index (κ3) is 2.98. The Morgan fingerprint density at radius 3 is 2.71 bits per heavy atom. The maximum absolute atomic E-state index is 6.08. The van der Waals surface area contributed by atoms with Crippen LogP contribution in [0.4, 0.5) is 0 Å². The van der Waals surface area contributed by atoms with Gasteiger partial charge in [0.05, 0.1) is 6.10 Å². The smallest absolute Gasteiger partial charge is 0.0963 e. The molecule has 0 aliphatic rings. The van der Waals surface area contributed by atoms with E-state index in [4.69, 9.17) is 16.3 Å². The highest BCUT2D eigenvalue weighted by atomic mass is 35.5. The van der Waals surface area contributed by atoms with E-state index >= 15 is 0 Å². The highest BCUT2D eigenvalue weighted by molar-refractivity contribution is 6.31. The van der Waals surface area contributed by atoms with Crippen LogP contribution in [-0.2, 0) is 4.74 Å². The molecular formula is C11H16ClNO. The van der Waals surface area contributed by atoms with E-state index in [1.54, 1.807) is 0 Å². The second-order valence-electron chi connectivity index (χ2n) is 3.02. The van der Waals surface area contributed by atoms with Crippen molar-refractivity contribution in [2.75, 3.05) is 20.2 Å². The number of benzene rings is 1. The van der Waals surface area contributed by atoms with Gasteiger partial charge in [-0.2, -0.15) is 0 Å². The van der Waals surface area contributed by atoms with Crippen LogP contribution in [0.15, 0.2) is 24.3 Å². The van der Waals surface area contributed by atoms with Gasteiger partial charge in [-0.15, -0.1) is 0 Å². The predicted molar refractivity (Wildman–Crippen MR) is 59.7 cm³/mol. The molecule has 78 valence electrons. The van der Waals surface area contributed by atoms with Gasteiger partial charge in [0.2, 0.25) is 0 Å². The first-order valence-electron chi connectivity index (χ1n) is 4.80. The van der Waals surface area contributed by atoms with Crippen LogP contribution in [-0.4, -0.2) is 20.2 Å². The fraction of sp³-hybridized carbons (Fsp3) is 0.455. The lowest BCUT2D eigenvalue weighted by atomic mass is 10.1. The van der Waals surface area contributed by atoms with Gasteiger partial charge in [0.25, 0.3) is 0 Å². The lowest BCUT2D eigenvalue weighted by Gasteiger charge is -2.18. The summed E-state index contributed by atoms with van der Waals surface area (Å²) >= 11 is 6.08. The summed E-state index contributed by atoms with van der Waals surface area (Å²) in [5.41, 5.74) is 1.05. The minimum absolute atomic E-state index is 0.0405. The Morgan fingerprint density at radius 1 is 1.43 bits per heavy atom. The molecule has 1 aromatic carbocycles. The second-order valence-corrected chi connectivity index (χ2v) is 3.43. The van der Waals surface area contributed by atoms with Crippen molar-refractivity contribution in [2.45, 2.75) is 13.0 Å². The maximum Gasteiger partial charge on any atom is 0.0963 e. The van der Waals surface area contributed by atoms with Crippen LogP contribution < -0.4 is 5.32 Å². The van der Waals surface area contributed by atoms with E-state index in [9.17, 15) is 0 Å². The van der Waals surface area contributed by atoms with Gasteiger partial charge >= 0.3 is 0 Å². The number of ether oxygens (including phenoxy) is 1. The normalized spacial score (nSPS) is 12.8. The highest BCUT2D eigenvalue weighted by Crippen LogP contribution is 2.24. The Bertz CT molecular complexity index is 272. The number of nitrogens with one attached hydrogen (secondary N) is 1. The minimum atomic E-state index is 0.0405. The predicted octanol–water partition coefficient (Wildman–Crippen LogP) is 2.64. The van der Waals surface area contributed by atoms with Crippen LogP contribution in [0.5, 0.6) is 0 Å². The fourth-order valence-electron chi connectivity index (χ4n) is 1.38. The number of halogens is 1. The Hall–Kier alpha value is -0.570. The molecule has 0 bridgehead atoms. The van der Waals surface area contributed by atoms with Crippen LogP contribution in [0.2, 0.25) is 5.02 Å². The third-order valence-electron chi connectivity index (χ3n) is 2.01. The van der Waals surface area contributed by atoms with E-state index in [2.05, 4.69) is 5.32 Å². The van der Waals surface area contributed by atoms with Gasteiger partial charge in [0, 0.05) is 23.7 Å². The maximum atomic E-state index is 6.08. The molecule has 1 atom stereocenters. The minimum Gasteiger partial charge on any atom is -0.372 e. The summed E-state index contributed by atoms with van der Waals surface area (Å²) in [5.74, 6) is 0. The van der Waals surface area contributed by atoms with Gasteiger partial charge < -0.3 is 10.1 Å². The van der Waals surface area contributed by atoms with Gasteiger partial charge in [0.15, 0.2) is 0 Å². The Balaban J connectivity index is 2.81. The number of likely N-dealkylation sites (N-methyl/N-ethyl adjacent to an activating group) is 1. The van der Waals surface area contributed by atoms with E-state index in [0.29, 0.717) is 6.61 Å². The zero-order valence-electron chi connectivity index (χ0n) is 8.59. The summed E-state index contributed by atoms with van der Waals surface area (Å²) in [6.07, 6.45) is 0.0405. The van der Waals surface area contributed by atoms with E-state index in [1.165, 1.54) is 0 Å². The molecule has 0 amide bonds. The molecule has 0 saturated carbocycles. The summed E-state index contributed by atoms with van der Waals surface area (Å²) in [6.45, 7) is 3.45. The molecule has 1 rings (SSSR count). The SMILES string of the molecule is CCO[C@@H](CNC)c1ccccc1Cl. The molecule has 0 unspecified atom stereocenters. The number of rotatable bonds is 5. The summed E-state index contributed by atoms with van der Waals surface area (Å²) in [4.78, 5) is 0. The molecule has 0 aromatic heterocycles. The third-order valence-corrected chi connectivity index (χ3v) is 2.35. The largest absolute Gasteiger partial charge is 0.372 e. The molecule has 0 aliphatic heterocycles. The molecule has 0 aliphatic carbocycles. The highest BCUT2D eigenvalue weighted by Gasteiger charge is 2.12. The van der Waals surface area contributed by atoms with E-state index in [-0.39, 0.29) is 6.10 Å². The van der Waals surface area contributed by atoms with E-state index < -0.39 is 0 Å². The molecule has 3 heteroatoms. The first-order valence-corrected chi connectivity index (χ1v) is 5.18. The zero-order valence-corrected chi connectivity index (χ0v) is 9.34. The molecule has 1 aromatic rings. The van der Waals surface area contributed by atoms with Crippen molar-refractivity contribution in [1.29, 1.82) is 0 Å². The summed E-state index contributed by atoms with van der Waals surface area (Å²) in [7, 11) is 1.91. The van der Waals surface area contributed by atoms with Gasteiger partial charge in [0.1, 0.15) is 0 Å². The van der Waals surface area contributed by atoms with Crippen LogP contribution in [0, 0.1) is 0 Å². The van der Waals surface area contributed by atoms with Crippen LogP contribution >= 0.6 is 11.6 Å². The number of hydrogen-bond acceptors (Lipinski definition) is 2. The average Bonchev–Trinajstić information content (AvgIpc) is 2.18. The average molecular weight is 214 g/mol. The van der Waals surface area contributed by atoms with Gasteiger partial charge in [-0.05, 0) is 20.0 Å². The lowest BCUT2D eigenvalue weighted by Crippen LogP contribution is -2.20. The van der Waals surface area contributed by atoms with Crippen molar-refractivity contribution in [3.63, 3.8) is 0 Å². The van der Waals surface area contributed by atoms with Crippen molar-refractivity contribution in [3.05, 3.63) is 34.9 Å². The van der Waals surface area contributed by atoms with Crippen molar-refractivity contribution < 1.29 is 4.74 Å². The zero-order chi connectivity index (χ0) is 10.4.